The second-order valence-electron chi connectivity index (χ2n) is 4.16. The summed E-state index contributed by atoms with van der Waals surface area (Å²) in [7, 11) is 0. The molecule has 1 saturated carbocycles. The highest BCUT2D eigenvalue weighted by Gasteiger charge is 2.36. The van der Waals surface area contributed by atoms with Crippen molar-refractivity contribution >= 4 is 5.97 Å². The van der Waals surface area contributed by atoms with E-state index in [1.54, 1.807) is 0 Å². The zero-order chi connectivity index (χ0) is 8.55. The van der Waals surface area contributed by atoms with Crippen molar-refractivity contribution < 1.29 is 9.53 Å². The molecule has 0 spiro atoms. The summed E-state index contributed by atoms with van der Waals surface area (Å²) in [6.07, 6.45) is 6.26. The summed E-state index contributed by atoms with van der Waals surface area (Å²) in [5, 5.41) is 0. The molecule has 2 nitrogen and oxygen atoms in total. The maximum atomic E-state index is 11.2. The van der Waals surface area contributed by atoms with E-state index < -0.39 is 0 Å². The fraction of sp³-hybridized carbons (Fsp3) is 0.900. The lowest BCUT2D eigenvalue weighted by atomic mass is 9.79. The molecule has 0 aromatic heterocycles. The third-order valence-electron chi connectivity index (χ3n) is 3.17. The molecule has 2 fully saturated rings. The van der Waals surface area contributed by atoms with Gasteiger partial charge in [-0.2, -0.15) is 0 Å². The Morgan fingerprint density at radius 2 is 2.08 bits per heavy atom. The molecule has 68 valence electrons. The molecule has 3 unspecified atom stereocenters. The first kappa shape index (κ1) is 8.09. The van der Waals surface area contributed by atoms with Gasteiger partial charge in [0, 0.05) is 0 Å². The smallest absolute Gasteiger partial charge is 0.308 e. The molecule has 1 aliphatic carbocycles. The molecule has 0 N–H and O–H groups in total. The van der Waals surface area contributed by atoms with Crippen LogP contribution in [0.25, 0.3) is 0 Å². The van der Waals surface area contributed by atoms with Crippen LogP contribution in [0.4, 0.5) is 0 Å². The molecule has 0 aromatic rings. The SMILES string of the molecule is CC1CC2CCCCC2OC1=O. The number of rotatable bonds is 0. The van der Waals surface area contributed by atoms with Gasteiger partial charge in [0.05, 0.1) is 5.92 Å². The molecular weight excluding hydrogens is 152 g/mol. The van der Waals surface area contributed by atoms with Crippen LogP contribution < -0.4 is 0 Å². The van der Waals surface area contributed by atoms with Gasteiger partial charge in [-0.1, -0.05) is 13.3 Å². The molecule has 2 heteroatoms. The second kappa shape index (κ2) is 3.08. The molecule has 0 aromatic carbocycles. The fourth-order valence-corrected chi connectivity index (χ4v) is 2.41. The monoisotopic (exact) mass is 168 g/mol. The summed E-state index contributed by atoms with van der Waals surface area (Å²) >= 11 is 0. The summed E-state index contributed by atoms with van der Waals surface area (Å²) in [6, 6.07) is 0. The van der Waals surface area contributed by atoms with Gasteiger partial charge >= 0.3 is 5.97 Å². The number of esters is 1. The summed E-state index contributed by atoms with van der Waals surface area (Å²) in [6.45, 7) is 1.98. The molecule has 1 aliphatic heterocycles. The van der Waals surface area contributed by atoms with Crippen molar-refractivity contribution in [3.63, 3.8) is 0 Å². The van der Waals surface area contributed by atoms with Gasteiger partial charge in [0.25, 0.3) is 0 Å². The highest BCUT2D eigenvalue weighted by atomic mass is 16.5. The van der Waals surface area contributed by atoms with E-state index in [9.17, 15) is 4.79 Å². The molecule has 2 rings (SSSR count). The summed E-state index contributed by atoms with van der Waals surface area (Å²) < 4.78 is 5.36. The van der Waals surface area contributed by atoms with Crippen molar-refractivity contribution in [2.24, 2.45) is 11.8 Å². The van der Waals surface area contributed by atoms with Crippen molar-refractivity contribution in [1.82, 2.24) is 0 Å². The second-order valence-corrected chi connectivity index (χ2v) is 4.16. The summed E-state index contributed by atoms with van der Waals surface area (Å²) in [5.41, 5.74) is 0. The first-order valence-corrected chi connectivity index (χ1v) is 4.98. The van der Waals surface area contributed by atoms with Crippen LogP contribution in [0.3, 0.4) is 0 Å². The Kier molecular flexibility index (Phi) is 2.07. The predicted octanol–water partition coefficient (Wildman–Crippen LogP) is 2.13. The lowest BCUT2D eigenvalue weighted by Crippen LogP contribution is -2.38. The number of ether oxygens (including phenoxy) is 1. The van der Waals surface area contributed by atoms with E-state index in [0.29, 0.717) is 5.92 Å². The zero-order valence-corrected chi connectivity index (χ0v) is 7.58. The van der Waals surface area contributed by atoms with Crippen LogP contribution in [0.15, 0.2) is 0 Å². The van der Waals surface area contributed by atoms with Crippen LogP contribution in [0.2, 0.25) is 0 Å². The van der Waals surface area contributed by atoms with Crippen LogP contribution in [0, 0.1) is 11.8 Å². The Hall–Kier alpha value is -0.530. The van der Waals surface area contributed by atoms with E-state index in [1.165, 1.54) is 19.3 Å². The lowest BCUT2D eigenvalue weighted by Gasteiger charge is -2.37. The number of hydrogen-bond acceptors (Lipinski definition) is 2. The number of hydrogen-bond donors (Lipinski definition) is 0. The van der Waals surface area contributed by atoms with Crippen molar-refractivity contribution in [2.75, 3.05) is 0 Å². The highest BCUT2D eigenvalue weighted by molar-refractivity contribution is 5.73. The number of fused-ring (bicyclic) bond motifs is 1. The molecule has 12 heavy (non-hydrogen) atoms. The van der Waals surface area contributed by atoms with Crippen molar-refractivity contribution in [1.29, 1.82) is 0 Å². The quantitative estimate of drug-likeness (QED) is 0.518. The van der Waals surface area contributed by atoms with Gasteiger partial charge in [-0.15, -0.1) is 0 Å². The normalized spacial score (nSPS) is 41.8. The van der Waals surface area contributed by atoms with Gasteiger partial charge in [0.1, 0.15) is 6.10 Å². The molecule has 0 amide bonds. The Bertz CT molecular complexity index is 188. The van der Waals surface area contributed by atoms with Crippen molar-refractivity contribution in [2.45, 2.75) is 45.1 Å². The number of carbonyl (C=O) groups is 1. The fourth-order valence-electron chi connectivity index (χ4n) is 2.41. The van der Waals surface area contributed by atoms with Crippen molar-refractivity contribution in [3.05, 3.63) is 0 Å². The van der Waals surface area contributed by atoms with E-state index in [4.69, 9.17) is 4.74 Å². The van der Waals surface area contributed by atoms with Crippen LogP contribution in [-0.4, -0.2) is 12.1 Å². The largest absolute Gasteiger partial charge is 0.462 e. The van der Waals surface area contributed by atoms with E-state index in [0.717, 1.165) is 12.8 Å². The molecule has 1 saturated heterocycles. The minimum absolute atomic E-state index is 0.0261. The van der Waals surface area contributed by atoms with E-state index >= 15 is 0 Å². The van der Waals surface area contributed by atoms with Gasteiger partial charge in [-0.25, -0.2) is 0 Å². The standard InChI is InChI=1S/C10H16O2/c1-7-6-8-4-2-3-5-9(8)12-10(7)11/h7-9H,2-6H2,1H3. The maximum absolute atomic E-state index is 11.2. The molecule has 2 aliphatic rings. The minimum atomic E-state index is 0.0261. The minimum Gasteiger partial charge on any atom is -0.462 e. The molecular formula is C10H16O2. The molecule has 1 heterocycles. The van der Waals surface area contributed by atoms with Crippen LogP contribution in [0.5, 0.6) is 0 Å². The third kappa shape index (κ3) is 1.35. The van der Waals surface area contributed by atoms with Gasteiger partial charge in [-0.05, 0) is 31.6 Å². The van der Waals surface area contributed by atoms with Gasteiger partial charge in [-0.3, -0.25) is 4.79 Å². The molecule has 0 radical (unpaired) electrons. The zero-order valence-electron chi connectivity index (χ0n) is 7.58. The predicted molar refractivity (Wildman–Crippen MR) is 45.6 cm³/mol. The van der Waals surface area contributed by atoms with Gasteiger partial charge < -0.3 is 4.74 Å². The summed E-state index contributed by atoms with van der Waals surface area (Å²) in [4.78, 5) is 11.2. The first-order chi connectivity index (χ1) is 5.77. The molecule has 0 bridgehead atoms. The van der Waals surface area contributed by atoms with E-state index in [2.05, 4.69) is 0 Å². The third-order valence-corrected chi connectivity index (χ3v) is 3.17. The maximum Gasteiger partial charge on any atom is 0.308 e. The van der Waals surface area contributed by atoms with Crippen LogP contribution in [-0.2, 0) is 9.53 Å². The number of carbonyl (C=O) groups excluding carboxylic acids is 1. The lowest BCUT2D eigenvalue weighted by molar-refractivity contribution is -0.167. The van der Waals surface area contributed by atoms with Gasteiger partial charge in [0.15, 0.2) is 0 Å². The summed E-state index contributed by atoms with van der Waals surface area (Å²) in [5.74, 6) is 0.842. The Morgan fingerprint density at radius 3 is 2.92 bits per heavy atom. The van der Waals surface area contributed by atoms with E-state index in [-0.39, 0.29) is 18.0 Å². The first-order valence-electron chi connectivity index (χ1n) is 4.98. The Morgan fingerprint density at radius 1 is 1.33 bits per heavy atom. The Labute approximate surface area is 73.3 Å². The topological polar surface area (TPSA) is 26.3 Å². The highest BCUT2D eigenvalue weighted by Crippen LogP contribution is 2.35. The average Bonchev–Trinajstić information content (AvgIpc) is 2.07. The Balaban J connectivity index is 2.02. The average molecular weight is 168 g/mol. The molecule has 3 atom stereocenters. The van der Waals surface area contributed by atoms with Crippen molar-refractivity contribution in [3.8, 4) is 0 Å². The van der Waals surface area contributed by atoms with E-state index in [1.807, 2.05) is 6.92 Å². The van der Waals surface area contributed by atoms with Crippen LogP contribution in [0.1, 0.15) is 39.0 Å². The van der Waals surface area contributed by atoms with Crippen LogP contribution >= 0.6 is 0 Å². The van der Waals surface area contributed by atoms with Gasteiger partial charge in [0.2, 0.25) is 0 Å².